The van der Waals surface area contributed by atoms with Crippen LogP contribution in [0.2, 0.25) is 0 Å². The minimum absolute atomic E-state index is 0. The van der Waals surface area contributed by atoms with Crippen LogP contribution in [-0.4, -0.2) is 48.7 Å². The van der Waals surface area contributed by atoms with Crippen LogP contribution in [0.25, 0.3) is 11.3 Å². The number of hydrogen-bond acceptors (Lipinski definition) is 4. The van der Waals surface area contributed by atoms with Crippen molar-refractivity contribution in [2.45, 2.75) is 25.8 Å². The highest BCUT2D eigenvalue weighted by Gasteiger charge is 2.34. The van der Waals surface area contributed by atoms with Crippen molar-refractivity contribution in [3.05, 3.63) is 53.7 Å². The molecule has 3 heterocycles. The van der Waals surface area contributed by atoms with E-state index in [1.807, 2.05) is 48.5 Å². The number of aryl methyl sites for hydroxylation is 1. The third-order valence-electron chi connectivity index (χ3n) is 6.49. The third kappa shape index (κ3) is 4.05. The average molecular weight is 456 g/mol. The normalized spacial score (nSPS) is 16.2. The molecule has 0 aromatic heterocycles. The molecule has 3 aliphatic heterocycles. The number of carbonyl (C=O) groups excluding carboxylic acids is 1. The summed E-state index contributed by atoms with van der Waals surface area (Å²) in [5.41, 5.74) is 4.95. The summed E-state index contributed by atoms with van der Waals surface area (Å²) in [4.78, 5) is 17.5. The monoisotopic (exact) mass is 455 g/mol. The number of aromatic nitrogens is 1. The number of benzene rings is 1. The van der Waals surface area contributed by atoms with E-state index in [-0.39, 0.29) is 18.3 Å². The molecule has 7 heteroatoms. The van der Waals surface area contributed by atoms with E-state index in [0.717, 1.165) is 47.7 Å². The largest absolute Gasteiger partial charge is 0.493 e. The highest BCUT2D eigenvalue weighted by atomic mass is 35.5. The summed E-state index contributed by atoms with van der Waals surface area (Å²) in [6, 6.07) is 11.8. The summed E-state index contributed by atoms with van der Waals surface area (Å²) in [6.07, 6.45) is 5.89. The van der Waals surface area contributed by atoms with Gasteiger partial charge in [0.25, 0.3) is 5.91 Å². The number of ether oxygens (including phenoxy) is 2. The van der Waals surface area contributed by atoms with E-state index in [2.05, 4.69) is 15.5 Å². The number of anilines is 1. The molecule has 1 aromatic rings. The zero-order valence-electron chi connectivity index (χ0n) is 18.7. The number of nitrogens with zero attached hydrogens (tertiary/aromatic N) is 3. The summed E-state index contributed by atoms with van der Waals surface area (Å²) in [5, 5.41) is 0. The number of hydrogen-bond donors (Lipinski definition) is 0. The molecule has 170 valence electrons. The maximum absolute atomic E-state index is 13.2. The van der Waals surface area contributed by atoms with Crippen molar-refractivity contribution in [1.82, 2.24) is 9.47 Å². The summed E-state index contributed by atoms with van der Waals surface area (Å²) in [6.45, 7) is 4.38. The van der Waals surface area contributed by atoms with E-state index < -0.39 is 0 Å². The van der Waals surface area contributed by atoms with Crippen LogP contribution in [0.3, 0.4) is 0 Å². The molecule has 32 heavy (non-hydrogen) atoms. The van der Waals surface area contributed by atoms with Gasteiger partial charge in [-0.05, 0) is 55.8 Å². The van der Waals surface area contributed by atoms with Gasteiger partial charge < -0.3 is 18.9 Å². The van der Waals surface area contributed by atoms with Crippen LogP contribution in [0, 0.1) is 0 Å². The SMILES string of the molecule is COc1ccc(N2Cc3c(cc4cccn(C)c3-4)C2=O)cc1OCCN1CCCCC1.Cl. The quantitative estimate of drug-likeness (QED) is 0.545. The van der Waals surface area contributed by atoms with Crippen LogP contribution >= 0.6 is 12.4 Å². The molecule has 1 fully saturated rings. The van der Waals surface area contributed by atoms with E-state index in [1.165, 1.54) is 19.3 Å². The van der Waals surface area contributed by atoms with Gasteiger partial charge in [0, 0.05) is 42.7 Å². The maximum Gasteiger partial charge on any atom is 0.259 e. The number of amides is 1. The number of piperidine rings is 1. The van der Waals surface area contributed by atoms with Gasteiger partial charge in [-0.15, -0.1) is 12.4 Å². The zero-order chi connectivity index (χ0) is 21.4. The predicted octanol–water partition coefficient (Wildman–Crippen LogP) is 4.59. The van der Waals surface area contributed by atoms with Gasteiger partial charge in [0.2, 0.25) is 0 Å². The number of fused-ring (bicyclic) bond motifs is 3. The lowest BCUT2D eigenvalue weighted by Crippen LogP contribution is -2.33. The third-order valence-corrected chi connectivity index (χ3v) is 6.49. The highest BCUT2D eigenvalue weighted by Crippen LogP contribution is 2.40. The van der Waals surface area contributed by atoms with Gasteiger partial charge in [-0.25, -0.2) is 0 Å². The van der Waals surface area contributed by atoms with Gasteiger partial charge in [-0.3, -0.25) is 9.69 Å². The summed E-state index contributed by atoms with van der Waals surface area (Å²) >= 11 is 0. The minimum Gasteiger partial charge on any atom is -0.493 e. The molecular weight excluding hydrogens is 426 g/mol. The van der Waals surface area contributed by atoms with Crippen molar-refractivity contribution < 1.29 is 14.3 Å². The maximum atomic E-state index is 13.2. The van der Waals surface area contributed by atoms with E-state index in [1.54, 1.807) is 7.11 Å². The second-order valence-electron chi connectivity index (χ2n) is 8.44. The van der Waals surface area contributed by atoms with E-state index in [4.69, 9.17) is 9.47 Å². The Balaban J connectivity index is 0.00000245. The molecule has 0 bridgehead atoms. The van der Waals surface area contributed by atoms with Gasteiger partial charge in [0.05, 0.1) is 19.3 Å². The number of rotatable bonds is 6. The summed E-state index contributed by atoms with van der Waals surface area (Å²) in [7, 11) is 3.67. The second kappa shape index (κ2) is 9.43. The van der Waals surface area contributed by atoms with Crippen molar-refractivity contribution in [3.8, 4) is 22.8 Å². The Labute approximate surface area is 195 Å². The number of methoxy groups -OCH3 is 1. The van der Waals surface area contributed by atoms with Crippen LogP contribution in [0.1, 0.15) is 35.2 Å². The molecule has 1 aromatic carbocycles. The first-order chi connectivity index (χ1) is 15.2. The van der Waals surface area contributed by atoms with Crippen LogP contribution in [0.5, 0.6) is 11.5 Å². The highest BCUT2D eigenvalue weighted by molar-refractivity contribution is 6.12. The number of carbonyl (C=O) groups is 1. The first-order valence-corrected chi connectivity index (χ1v) is 11.1. The molecule has 0 atom stereocenters. The topological polar surface area (TPSA) is 46.9 Å². The fraction of sp³-hybridized carbons (Fsp3) is 0.400. The second-order valence-corrected chi connectivity index (χ2v) is 8.44. The van der Waals surface area contributed by atoms with Crippen LogP contribution < -0.4 is 14.4 Å². The number of halogens is 1. The summed E-state index contributed by atoms with van der Waals surface area (Å²) < 4.78 is 13.7. The Morgan fingerprint density at radius 1 is 1.03 bits per heavy atom. The zero-order valence-corrected chi connectivity index (χ0v) is 19.5. The lowest BCUT2D eigenvalue weighted by molar-refractivity contribution is 0.0996. The molecule has 0 N–H and O–H groups in total. The van der Waals surface area contributed by atoms with Gasteiger partial charge >= 0.3 is 0 Å². The fourth-order valence-electron chi connectivity index (χ4n) is 4.86. The van der Waals surface area contributed by atoms with Gasteiger partial charge in [-0.1, -0.05) is 12.5 Å². The first kappa shape index (κ1) is 22.5. The first-order valence-electron chi connectivity index (χ1n) is 11.1. The van der Waals surface area contributed by atoms with Crippen molar-refractivity contribution in [2.24, 2.45) is 7.05 Å². The Morgan fingerprint density at radius 2 is 1.84 bits per heavy atom. The molecule has 5 rings (SSSR count). The van der Waals surface area contributed by atoms with Crippen molar-refractivity contribution in [2.75, 3.05) is 38.3 Å². The number of pyridine rings is 1. The molecule has 4 aliphatic rings. The molecule has 0 radical (unpaired) electrons. The Kier molecular flexibility index (Phi) is 6.63. The van der Waals surface area contributed by atoms with Gasteiger partial charge in [0.15, 0.2) is 11.5 Å². The van der Waals surface area contributed by atoms with E-state index in [9.17, 15) is 4.79 Å². The molecule has 1 amide bonds. The lowest BCUT2D eigenvalue weighted by Gasteiger charge is -2.26. The molecule has 1 aliphatic carbocycles. The Hall–Kier alpha value is -2.70. The molecule has 0 spiro atoms. The Bertz CT molecular complexity index is 1070. The Morgan fingerprint density at radius 3 is 2.62 bits per heavy atom. The standard InChI is InChI=1S/C25H29N3O3.ClH/c1-26-10-6-7-18-15-20-21(24(18)26)17-28(25(20)29)19-8-9-22(30-2)23(16-19)31-14-13-27-11-4-3-5-12-27;/h6-10,15-16H,3-5,11-14,17H2,1-2H3;1H. The smallest absolute Gasteiger partial charge is 0.259 e. The molecule has 1 saturated heterocycles. The molecule has 0 unspecified atom stereocenters. The van der Waals surface area contributed by atoms with Crippen LogP contribution in [0.4, 0.5) is 5.69 Å². The van der Waals surface area contributed by atoms with E-state index >= 15 is 0 Å². The van der Waals surface area contributed by atoms with Crippen LogP contribution in [-0.2, 0) is 13.6 Å². The van der Waals surface area contributed by atoms with Gasteiger partial charge in [0.1, 0.15) is 6.61 Å². The average Bonchev–Trinajstić information content (AvgIpc) is 3.31. The van der Waals surface area contributed by atoms with Crippen molar-refractivity contribution >= 4 is 24.0 Å². The van der Waals surface area contributed by atoms with E-state index in [0.29, 0.717) is 24.7 Å². The molecule has 0 saturated carbocycles. The van der Waals surface area contributed by atoms with Crippen molar-refractivity contribution in [1.29, 1.82) is 0 Å². The van der Waals surface area contributed by atoms with Crippen molar-refractivity contribution in [3.63, 3.8) is 0 Å². The molecular formula is C25H30ClN3O3. The number of likely N-dealkylation sites (tertiary alicyclic amines) is 1. The van der Waals surface area contributed by atoms with Gasteiger partial charge in [-0.2, -0.15) is 0 Å². The molecule has 6 nitrogen and oxygen atoms in total. The van der Waals surface area contributed by atoms with Crippen LogP contribution in [0.15, 0.2) is 42.6 Å². The predicted molar refractivity (Wildman–Crippen MR) is 129 cm³/mol. The minimum atomic E-state index is 0. The lowest BCUT2D eigenvalue weighted by atomic mass is 10.1. The summed E-state index contributed by atoms with van der Waals surface area (Å²) in [5.74, 6) is 1.42. The fourth-order valence-corrected chi connectivity index (χ4v) is 4.86.